The van der Waals surface area contributed by atoms with E-state index in [1.807, 2.05) is 30.1 Å². The summed E-state index contributed by atoms with van der Waals surface area (Å²) in [4.78, 5) is 17.8. The average Bonchev–Trinajstić information content (AvgIpc) is 2.46. The number of carbonyl (C=O) groups is 1. The summed E-state index contributed by atoms with van der Waals surface area (Å²) in [5.74, 6) is -0.271. The van der Waals surface area contributed by atoms with Crippen molar-refractivity contribution >= 4 is 22.7 Å². The number of carboxylic acids is 1. The molecular formula is C15H18N2O3. The molecule has 0 amide bonds. The van der Waals surface area contributed by atoms with Crippen LogP contribution in [0.15, 0.2) is 30.3 Å². The number of benzene rings is 1. The van der Waals surface area contributed by atoms with Crippen molar-refractivity contribution in [2.45, 2.75) is 6.42 Å². The number of fused-ring (bicyclic) bond motifs is 1. The summed E-state index contributed by atoms with van der Waals surface area (Å²) in [6, 6.07) is 8.90. The molecule has 1 aromatic carbocycles. The summed E-state index contributed by atoms with van der Waals surface area (Å²) in [7, 11) is 3.56. The smallest absolute Gasteiger partial charge is 0.336 e. The Morgan fingerprint density at radius 1 is 1.40 bits per heavy atom. The summed E-state index contributed by atoms with van der Waals surface area (Å²) in [6.07, 6.45) is 0.865. The van der Waals surface area contributed by atoms with E-state index in [1.54, 1.807) is 19.2 Å². The second kappa shape index (κ2) is 6.34. The number of pyridine rings is 1. The standard InChI is InChI=1S/C15H18N2O3/c1-17(8-5-9-20-2)14-10-12(15(18)19)11-6-3-4-7-13(11)16-14/h3-4,6-7,10H,5,8-9H2,1-2H3,(H,18,19). The van der Waals surface area contributed by atoms with Crippen LogP contribution < -0.4 is 4.90 Å². The Morgan fingerprint density at radius 2 is 2.15 bits per heavy atom. The van der Waals surface area contributed by atoms with Gasteiger partial charge in [-0.1, -0.05) is 18.2 Å². The minimum Gasteiger partial charge on any atom is -0.478 e. The normalized spacial score (nSPS) is 10.7. The van der Waals surface area contributed by atoms with Crippen molar-refractivity contribution in [3.8, 4) is 0 Å². The zero-order chi connectivity index (χ0) is 14.5. The van der Waals surface area contributed by atoms with E-state index in [0.29, 0.717) is 23.3 Å². The molecule has 5 heteroatoms. The number of nitrogens with zero attached hydrogens (tertiary/aromatic N) is 2. The summed E-state index contributed by atoms with van der Waals surface area (Å²) < 4.78 is 5.02. The van der Waals surface area contributed by atoms with E-state index in [4.69, 9.17) is 4.74 Å². The Bertz CT molecular complexity index is 613. The molecule has 0 unspecified atom stereocenters. The first-order valence-corrected chi connectivity index (χ1v) is 6.46. The van der Waals surface area contributed by atoms with Gasteiger partial charge in [0, 0.05) is 32.7 Å². The molecule has 0 atom stereocenters. The Hall–Kier alpha value is -2.14. The second-order valence-electron chi connectivity index (χ2n) is 4.62. The van der Waals surface area contributed by atoms with Gasteiger partial charge in [-0.25, -0.2) is 9.78 Å². The van der Waals surface area contributed by atoms with Crippen LogP contribution in [0.25, 0.3) is 10.9 Å². The Labute approximate surface area is 117 Å². The molecule has 106 valence electrons. The van der Waals surface area contributed by atoms with Gasteiger partial charge < -0.3 is 14.7 Å². The number of carboxylic acid groups (broad SMARTS) is 1. The molecule has 0 saturated carbocycles. The van der Waals surface area contributed by atoms with E-state index in [1.165, 1.54) is 0 Å². The van der Waals surface area contributed by atoms with Gasteiger partial charge >= 0.3 is 5.97 Å². The van der Waals surface area contributed by atoms with Gasteiger partial charge in [0.25, 0.3) is 0 Å². The average molecular weight is 274 g/mol. The predicted molar refractivity (Wildman–Crippen MR) is 78.5 cm³/mol. The van der Waals surface area contributed by atoms with E-state index in [-0.39, 0.29) is 5.56 Å². The zero-order valence-electron chi connectivity index (χ0n) is 11.7. The molecule has 20 heavy (non-hydrogen) atoms. The molecule has 0 radical (unpaired) electrons. The van der Waals surface area contributed by atoms with Crippen molar-refractivity contribution in [3.05, 3.63) is 35.9 Å². The van der Waals surface area contributed by atoms with Crippen LogP contribution in [0, 0.1) is 0 Å². The third kappa shape index (κ3) is 3.05. The minimum atomic E-state index is -0.935. The summed E-state index contributed by atoms with van der Waals surface area (Å²) in [6.45, 7) is 1.43. The number of para-hydroxylation sites is 1. The number of ether oxygens (including phenoxy) is 1. The lowest BCUT2D eigenvalue weighted by Gasteiger charge is -2.19. The topological polar surface area (TPSA) is 62.7 Å². The van der Waals surface area contributed by atoms with Crippen molar-refractivity contribution < 1.29 is 14.6 Å². The highest BCUT2D eigenvalue weighted by Gasteiger charge is 2.13. The first-order valence-electron chi connectivity index (χ1n) is 6.46. The summed E-state index contributed by atoms with van der Waals surface area (Å²) in [5, 5.41) is 10.00. The van der Waals surface area contributed by atoms with Crippen molar-refractivity contribution in [2.75, 3.05) is 32.2 Å². The molecule has 0 spiro atoms. The van der Waals surface area contributed by atoms with Crippen LogP contribution in [0.2, 0.25) is 0 Å². The van der Waals surface area contributed by atoms with Gasteiger partial charge in [0.2, 0.25) is 0 Å². The maximum absolute atomic E-state index is 11.4. The Morgan fingerprint density at radius 3 is 2.85 bits per heavy atom. The molecule has 5 nitrogen and oxygen atoms in total. The largest absolute Gasteiger partial charge is 0.478 e. The minimum absolute atomic E-state index is 0.282. The molecule has 0 aliphatic heterocycles. The van der Waals surface area contributed by atoms with Crippen LogP contribution in [-0.4, -0.2) is 43.4 Å². The number of anilines is 1. The Balaban J connectivity index is 2.37. The first-order chi connectivity index (χ1) is 9.63. The van der Waals surface area contributed by atoms with Gasteiger partial charge in [0.1, 0.15) is 5.82 Å². The summed E-state index contributed by atoms with van der Waals surface area (Å²) >= 11 is 0. The third-order valence-electron chi connectivity index (χ3n) is 3.17. The molecule has 2 rings (SSSR count). The second-order valence-corrected chi connectivity index (χ2v) is 4.62. The molecule has 1 heterocycles. The molecule has 0 aliphatic rings. The Kier molecular flexibility index (Phi) is 4.53. The molecule has 0 aliphatic carbocycles. The predicted octanol–water partition coefficient (Wildman–Crippen LogP) is 2.41. The summed E-state index contributed by atoms with van der Waals surface area (Å²) in [5.41, 5.74) is 0.977. The van der Waals surface area contributed by atoms with E-state index in [9.17, 15) is 9.90 Å². The number of hydrogen-bond acceptors (Lipinski definition) is 4. The molecule has 2 aromatic rings. The number of hydrogen-bond donors (Lipinski definition) is 1. The zero-order valence-corrected chi connectivity index (χ0v) is 11.7. The molecule has 1 aromatic heterocycles. The van der Waals surface area contributed by atoms with Crippen molar-refractivity contribution in [1.82, 2.24) is 4.98 Å². The van der Waals surface area contributed by atoms with Crippen molar-refractivity contribution in [2.24, 2.45) is 0 Å². The van der Waals surface area contributed by atoms with E-state index < -0.39 is 5.97 Å². The molecule has 0 saturated heterocycles. The lowest BCUT2D eigenvalue weighted by molar-refractivity contribution is 0.0699. The van der Waals surface area contributed by atoms with E-state index >= 15 is 0 Å². The molecular weight excluding hydrogens is 256 g/mol. The number of rotatable bonds is 6. The lowest BCUT2D eigenvalue weighted by Crippen LogP contribution is -2.21. The van der Waals surface area contributed by atoms with Gasteiger partial charge in [0.15, 0.2) is 0 Å². The highest BCUT2D eigenvalue weighted by atomic mass is 16.5. The molecule has 0 bridgehead atoms. The maximum atomic E-state index is 11.4. The number of aromatic nitrogens is 1. The van der Waals surface area contributed by atoms with Crippen LogP contribution in [-0.2, 0) is 4.74 Å². The highest BCUT2D eigenvalue weighted by Crippen LogP contribution is 2.22. The number of methoxy groups -OCH3 is 1. The fourth-order valence-electron chi connectivity index (χ4n) is 2.09. The van der Waals surface area contributed by atoms with Crippen LogP contribution in [0.1, 0.15) is 16.8 Å². The van der Waals surface area contributed by atoms with Gasteiger partial charge in [-0.15, -0.1) is 0 Å². The van der Waals surface area contributed by atoms with E-state index in [0.717, 1.165) is 13.0 Å². The molecule has 0 fully saturated rings. The number of aromatic carboxylic acids is 1. The van der Waals surface area contributed by atoms with Gasteiger partial charge in [0.05, 0.1) is 11.1 Å². The molecule has 1 N–H and O–H groups in total. The quantitative estimate of drug-likeness (QED) is 0.820. The van der Waals surface area contributed by atoms with Gasteiger partial charge in [-0.2, -0.15) is 0 Å². The highest BCUT2D eigenvalue weighted by molar-refractivity contribution is 6.03. The van der Waals surface area contributed by atoms with Crippen LogP contribution in [0.3, 0.4) is 0 Å². The SMILES string of the molecule is COCCCN(C)c1cc(C(=O)O)c2ccccc2n1. The van der Waals surface area contributed by atoms with Crippen molar-refractivity contribution in [1.29, 1.82) is 0 Å². The monoisotopic (exact) mass is 274 g/mol. The van der Waals surface area contributed by atoms with Crippen LogP contribution >= 0.6 is 0 Å². The van der Waals surface area contributed by atoms with Crippen molar-refractivity contribution in [3.63, 3.8) is 0 Å². The third-order valence-corrected chi connectivity index (χ3v) is 3.17. The van der Waals surface area contributed by atoms with Crippen LogP contribution in [0.4, 0.5) is 5.82 Å². The first kappa shape index (κ1) is 14.3. The van der Waals surface area contributed by atoms with Gasteiger partial charge in [-0.3, -0.25) is 0 Å². The fourth-order valence-corrected chi connectivity index (χ4v) is 2.09. The van der Waals surface area contributed by atoms with E-state index in [2.05, 4.69) is 4.98 Å². The van der Waals surface area contributed by atoms with Crippen LogP contribution in [0.5, 0.6) is 0 Å². The lowest BCUT2D eigenvalue weighted by atomic mass is 10.1. The maximum Gasteiger partial charge on any atom is 0.336 e. The fraction of sp³-hybridized carbons (Fsp3) is 0.333. The van der Waals surface area contributed by atoms with Gasteiger partial charge in [-0.05, 0) is 18.6 Å².